The van der Waals surface area contributed by atoms with Crippen LogP contribution in [0.4, 0.5) is 0 Å². The zero-order valence-corrected chi connectivity index (χ0v) is 17.8. The molecular weight excluding hydrogens is 376 g/mol. The van der Waals surface area contributed by atoms with Crippen molar-refractivity contribution in [3.63, 3.8) is 0 Å². The number of rotatable bonds is 11. The van der Waals surface area contributed by atoms with Crippen LogP contribution in [0, 0.1) is 0 Å². The molecule has 30 heavy (non-hydrogen) atoms. The minimum absolute atomic E-state index is 0.00608. The van der Waals surface area contributed by atoms with E-state index in [-0.39, 0.29) is 24.5 Å². The first-order valence-corrected chi connectivity index (χ1v) is 10.5. The average Bonchev–Trinajstić information content (AvgIpc) is 3.10. The second kappa shape index (κ2) is 10.7. The fourth-order valence-electron chi connectivity index (χ4n) is 3.51. The molecule has 0 bridgehead atoms. The van der Waals surface area contributed by atoms with Gasteiger partial charge in [0, 0.05) is 37.9 Å². The lowest BCUT2D eigenvalue weighted by molar-refractivity contribution is -0.121. The maximum absolute atomic E-state index is 12.2. The molecule has 0 unspecified atom stereocenters. The lowest BCUT2D eigenvalue weighted by Crippen LogP contribution is -2.27. The van der Waals surface area contributed by atoms with Crippen molar-refractivity contribution in [2.75, 3.05) is 27.2 Å². The van der Waals surface area contributed by atoms with Crippen molar-refractivity contribution in [2.24, 2.45) is 0 Å². The molecule has 0 radical (unpaired) electrons. The molecule has 0 aliphatic rings. The Kier molecular flexibility index (Phi) is 7.74. The van der Waals surface area contributed by atoms with E-state index in [1.54, 1.807) is 12.1 Å². The molecule has 1 aromatic heterocycles. The zero-order chi connectivity index (χ0) is 21.3. The Hall–Kier alpha value is -2.99. The van der Waals surface area contributed by atoms with Crippen molar-refractivity contribution in [3.05, 3.63) is 66.0 Å². The topological polar surface area (TPSA) is 67.2 Å². The summed E-state index contributed by atoms with van der Waals surface area (Å²) in [5.41, 5.74) is 2.76. The van der Waals surface area contributed by atoms with E-state index in [2.05, 4.69) is 34.9 Å². The number of Topliss-reactive ketones (excluding diaryl/α,β-unsaturated/α-hetero) is 1. The molecule has 2 aromatic carbocycles. The smallest absolute Gasteiger partial charge is 0.220 e. The van der Waals surface area contributed by atoms with Crippen molar-refractivity contribution in [2.45, 2.75) is 32.2 Å². The maximum atomic E-state index is 12.2. The van der Waals surface area contributed by atoms with E-state index in [4.69, 9.17) is 4.98 Å². The third kappa shape index (κ3) is 6.00. The highest BCUT2D eigenvalue weighted by Crippen LogP contribution is 2.17. The molecule has 3 rings (SSSR count). The summed E-state index contributed by atoms with van der Waals surface area (Å²) in [5, 5.41) is 2.93. The fraction of sp³-hybridized carbons (Fsp3) is 0.375. The molecule has 0 spiro atoms. The molecule has 1 heterocycles. The molecule has 0 aliphatic carbocycles. The summed E-state index contributed by atoms with van der Waals surface area (Å²) in [6.07, 6.45) is 2.12. The van der Waals surface area contributed by atoms with Gasteiger partial charge in [-0.2, -0.15) is 0 Å². The lowest BCUT2D eigenvalue weighted by Gasteiger charge is -2.13. The number of ketones is 1. The Bertz CT molecular complexity index is 979. The lowest BCUT2D eigenvalue weighted by atomic mass is 10.1. The summed E-state index contributed by atoms with van der Waals surface area (Å²) in [4.78, 5) is 31.3. The van der Waals surface area contributed by atoms with Gasteiger partial charge in [0.25, 0.3) is 0 Å². The molecule has 0 saturated carbocycles. The van der Waals surface area contributed by atoms with E-state index >= 15 is 0 Å². The largest absolute Gasteiger partial charge is 0.356 e. The highest BCUT2D eigenvalue weighted by Gasteiger charge is 2.12. The van der Waals surface area contributed by atoms with Gasteiger partial charge in [0.1, 0.15) is 5.82 Å². The molecule has 0 aliphatic heterocycles. The van der Waals surface area contributed by atoms with E-state index in [9.17, 15) is 9.59 Å². The van der Waals surface area contributed by atoms with E-state index in [1.807, 2.05) is 36.4 Å². The first-order valence-electron chi connectivity index (χ1n) is 10.5. The Morgan fingerprint density at radius 3 is 2.50 bits per heavy atom. The normalized spacial score (nSPS) is 11.2. The molecule has 158 valence electrons. The molecular formula is C24H30N4O2. The summed E-state index contributed by atoms with van der Waals surface area (Å²) in [7, 11) is 4.15. The first kappa shape index (κ1) is 21.7. The summed E-state index contributed by atoms with van der Waals surface area (Å²) < 4.78 is 2.25. The summed E-state index contributed by atoms with van der Waals surface area (Å²) in [6.45, 7) is 2.42. The third-order valence-electron chi connectivity index (χ3n) is 5.07. The second-order valence-electron chi connectivity index (χ2n) is 7.71. The maximum Gasteiger partial charge on any atom is 0.220 e. The molecule has 6 nitrogen and oxygen atoms in total. The number of imidazole rings is 1. The highest BCUT2D eigenvalue weighted by molar-refractivity contribution is 5.97. The van der Waals surface area contributed by atoms with Crippen LogP contribution in [0.1, 0.15) is 35.4 Å². The number of carbonyl (C=O) groups is 2. The van der Waals surface area contributed by atoms with Crippen LogP contribution in [0.3, 0.4) is 0 Å². The van der Waals surface area contributed by atoms with Crippen LogP contribution < -0.4 is 5.32 Å². The summed E-state index contributed by atoms with van der Waals surface area (Å²) in [6, 6.07) is 17.2. The van der Waals surface area contributed by atoms with E-state index in [1.165, 1.54) is 0 Å². The van der Waals surface area contributed by atoms with Gasteiger partial charge in [-0.25, -0.2) is 4.98 Å². The quantitative estimate of drug-likeness (QED) is 0.496. The van der Waals surface area contributed by atoms with Gasteiger partial charge in [-0.05, 0) is 39.2 Å². The number of hydrogen-bond acceptors (Lipinski definition) is 4. The number of aryl methyl sites for hydroxylation is 1. The van der Waals surface area contributed by atoms with Crippen LogP contribution in [0.25, 0.3) is 11.0 Å². The Morgan fingerprint density at radius 1 is 1.00 bits per heavy atom. The number of nitrogens with zero attached hydrogens (tertiary/aromatic N) is 3. The predicted molar refractivity (Wildman–Crippen MR) is 120 cm³/mol. The van der Waals surface area contributed by atoms with Crippen molar-refractivity contribution in [3.8, 4) is 0 Å². The van der Waals surface area contributed by atoms with Gasteiger partial charge in [-0.1, -0.05) is 42.5 Å². The van der Waals surface area contributed by atoms with Crippen molar-refractivity contribution in [1.82, 2.24) is 19.8 Å². The predicted octanol–water partition coefficient (Wildman–Crippen LogP) is 3.31. The van der Waals surface area contributed by atoms with E-state index in [0.29, 0.717) is 18.5 Å². The van der Waals surface area contributed by atoms with E-state index < -0.39 is 0 Å². The highest BCUT2D eigenvalue weighted by atomic mass is 16.2. The molecule has 0 fully saturated rings. The number of carbonyl (C=O) groups excluding carboxylic acids is 2. The number of nitrogens with one attached hydrogen (secondary N) is 1. The average molecular weight is 407 g/mol. The minimum atomic E-state index is -0.102. The van der Waals surface area contributed by atoms with Crippen molar-refractivity contribution >= 4 is 22.7 Å². The van der Waals surface area contributed by atoms with Crippen LogP contribution >= 0.6 is 0 Å². The van der Waals surface area contributed by atoms with Crippen LogP contribution in [-0.4, -0.2) is 53.3 Å². The van der Waals surface area contributed by atoms with Gasteiger partial charge in [-0.15, -0.1) is 0 Å². The third-order valence-corrected chi connectivity index (χ3v) is 5.07. The van der Waals surface area contributed by atoms with Crippen molar-refractivity contribution in [1.29, 1.82) is 0 Å². The molecule has 6 heteroatoms. The number of amides is 1. The molecule has 3 aromatic rings. The number of aromatic nitrogens is 2. The second-order valence-corrected chi connectivity index (χ2v) is 7.71. The van der Waals surface area contributed by atoms with Gasteiger partial charge >= 0.3 is 0 Å². The molecule has 1 N–H and O–H groups in total. The Balaban J connectivity index is 1.52. The van der Waals surface area contributed by atoms with Gasteiger partial charge in [0.05, 0.1) is 11.0 Å². The van der Waals surface area contributed by atoms with Gasteiger partial charge in [0.2, 0.25) is 5.91 Å². The monoisotopic (exact) mass is 406 g/mol. The van der Waals surface area contributed by atoms with Crippen LogP contribution in [0.15, 0.2) is 54.6 Å². The van der Waals surface area contributed by atoms with Gasteiger partial charge in [-0.3, -0.25) is 9.59 Å². The van der Waals surface area contributed by atoms with Gasteiger partial charge in [0.15, 0.2) is 5.78 Å². The minimum Gasteiger partial charge on any atom is -0.356 e. The zero-order valence-electron chi connectivity index (χ0n) is 17.8. The van der Waals surface area contributed by atoms with Crippen molar-refractivity contribution < 1.29 is 9.59 Å². The Labute approximate surface area is 177 Å². The van der Waals surface area contributed by atoms with E-state index in [0.717, 1.165) is 36.4 Å². The number of hydrogen-bond donors (Lipinski definition) is 1. The number of benzene rings is 2. The molecule has 0 saturated heterocycles. The molecule has 0 atom stereocenters. The fourth-order valence-corrected chi connectivity index (χ4v) is 3.51. The molecule has 1 amide bonds. The number of para-hydroxylation sites is 2. The number of fused-ring (bicyclic) bond motifs is 1. The Morgan fingerprint density at radius 2 is 1.73 bits per heavy atom. The standard InChI is InChI=1S/C24H30N4O2/c1-27(2)17-8-18-28-21-12-7-6-11-20(21)26-23(28)15-16-25-24(30)14-13-22(29)19-9-4-3-5-10-19/h3-7,9-12H,8,13-18H2,1-2H3,(H,25,30). The van der Waals surface area contributed by atoms with Crippen LogP contribution in [0.2, 0.25) is 0 Å². The van der Waals surface area contributed by atoms with Crippen LogP contribution in [0.5, 0.6) is 0 Å². The summed E-state index contributed by atoms with van der Waals surface area (Å²) in [5.74, 6) is 0.874. The first-order chi connectivity index (χ1) is 14.5. The SMILES string of the molecule is CN(C)CCCn1c(CCNC(=O)CCC(=O)c2ccccc2)nc2ccccc21. The summed E-state index contributed by atoms with van der Waals surface area (Å²) >= 11 is 0. The van der Waals surface area contributed by atoms with Crippen LogP contribution in [-0.2, 0) is 17.8 Å². The van der Waals surface area contributed by atoms with Gasteiger partial charge < -0.3 is 14.8 Å².